The Balaban J connectivity index is 1.77. The van der Waals surface area contributed by atoms with Crippen LogP contribution < -0.4 is 10.1 Å². The molecule has 138 valence electrons. The lowest BCUT2D eigenvalue weighted by atomic mass is 10.0. The summed E-state index contributed by atoms with van der Waals surface area (Å²) in [4.78, 5) is 15.0. The highest BCUT2D eigenvalue weighted by Gasteiger charge is 2.24. The molecule has 0 bridgehead atoms. The van der Waals surface area contributed by atoms with Crippen LogP contribution in [0, 0.1) is 0 Å². The molecule has 1 atom stereocenters. The molecule has 0 saturated carbocycles. The number of nitrogens with zero attached hydrogens (tertiary/aromatic N) is 1. The standard InChI is InChI=1S/C20H22BrClN2O2/c1-26-16-6-4-5-14(11-16)19(24-9-2-3-10-24)13-23-20(25)17-12-15(21)7-8-18(17)22/h4-8,11-12,19H,2-3,9-10,13H2,1H3,(H,23,25). The second-order valence-electron chi connectivity index (χ2n) is 6.37. The van der Waals surface area contributed by atoms with Crippen LogP contribution in [0.1, 0.15) is 34.8 Å². The third kappa shape index (κ3) is 4.58. The van der Waals surface area contributed by atoms with Crippen LogP contribution in [-0.4, -0.2) is 37.6 Å². The fourth-order valence-electron chi connectivity index (χ4n) is 3.32. The number of hydrogen-bond acceptors (Lipinski definition) is 3. The van der Waals surface area contributed by atoms with Crippen LogP contribution in [0.15, 0.2) is 46.9 Å². The first-order valence-electron chi connectivity index (χ1n) is 8.69. The summed E-state index contributed by atoms with van der Waals surface area (Å²) in [5, 5.41) is 3.50. The second-order valence-corrected chi connectivity index (χ2v) is 7.69. The Morgan fingerprint density at radius 1 is 1.27 bits per heavy atom. The van der Waals surface area contributed by atoms with Crippen molar-refractivity contribution in [3.8, 4) is 5.75 Å². The van der Waals surface area contributed by atoms with Gasteiger partial charge in [-0.1, -0.05) is 39.7 Å². The smallest absolute Gasteiger partial charge is 0.252 e. The Labute approximate surface area is 167 Å². The van der Waals surface area contributed by atoms with E-state index in [1.165, 1.54) is 12.8 Å². The maximum atomic E-state index is 12.6. The van der Waals surface area contributed by atoms with E-state index >= 15 is 0 Å². The van der Waals surface area contributed by atoms with E-state index < -0.39 is 0 Å². The molecule has 2 aromatic carbocycles. The predicted octanol–water partition coefficient (Wildman–Crippen LogP) is 4.68. The monoisotopic (exact) mass is 436 g/mol. The van der Waals surface area contributed by atoms with Crippen molar-refractivity contribution in [2.24, 2.45) is 0 Å². The van der Waals surface area contributed by atoms with Crippen molar-refractivity contribution in [2.75, 3.05) is 26.7 Å². The number of halogens is 2. The SMILES string of the molecule is COc1cccc(C(CNC(=O)c2cc(Br)ccc2Cl)N2CCCC2)c1. The van der Waals surface area contributed by atoms with Crippen molar-refractivity contribution >= 4 is 33.4 Å². The molecular formula is C20H22BrClN2O2. The zero-order valence-corrected chi connectivity index (χ0v) is 17.0. The van der Waals surface area contributed by atoms with E-state index in [1.807, 2.05) is 24.3 Å². The summed E-state index contributed by atoms with van der Waals surface area (Å²) < 4.78 is 6.19. The largest absolute Gasteiger partial charge is 0.497 e. The summed E-state index contributed by atoms with van der Waals surface area (Å²) >= 11 is 9.57. The summed E-state index contributed by atoms with van der Waals surface area (Å²) in [5.41, 5.74) is 1.62. The van der Waals surface area contributed by atoms with E-state index in [4.69, 9.17) is 16.3 Å². The molecule has 1 N–H and O–H groups in total. The van der Waals surface area contributed by atoms with Crippen molar-refractivity contribution in [1.82, 2.24) is 10.2 Å². The second kappa shape index (κ2) is 8.89. The predicted molar refractivity (Wildman–Crippen MR) is 108 cm³/mol. The molecule has 6 heteroatoms. The average Bonchev–Trinajstić information content (AvgIpc) is 3.18. The first-order valence-corrected chi connectivity index (χ1v) is 9.87. The van der Waals surface area contributed by atoms with Gasteiger partial charge in [-0.15, -0.1) is 0 Å². The van der Waals surface area contributed by atoms with Gasteiger partial charge in [-0.25, -0.2) is 0 Å². The van der Waals surface area contributed by atoms with Gasteiger partial charge in [0, 0.05) is 11.0 Å². The highest BCUT2D eigenvalue weighted by molar-refractivity contribution is 9.10. The number of amides is 1. The quantitative estimate of drug-likeness (QED) is 0.713. The molecule has 0 aliphatic carbocycles. The Hall–Kier alpha value is -1.56. The lowest BCUT2D eigenvalue weighted by Crippen LogP contribution is -2.36. The van der Waals surface area contributed by atoms with Gasteiger partial charge in [-0.05, 0) is 61.8 Å². The van der Waals surface area contributed by atoms with E-state index in [9.17, 15) is 4.79 Å². The molecule has 1 heterocycles. The van der Waals surface area contributed by atoms with Crippen LogP contribution in [0.25, 0.3) is 0 Å². The number of ether oxygens (including phenoxy) is 1. The van der Waals surface area contributed by atoms with Crippen molar-refractivity contribution in [1.29, 1.82) is 0 Å². The first kappa shape index (κ1) is 19.2. The number of hydrogen-bond donors (Lipinski definition) is 1. The normalized spacial score (nSPS) is 15.7. The Kier molecular flexibility index (Phi) is 6.57. The molecule has 1 saturated heterocycles. The average molecular weight is 438 g/mol. The molecule has 26 heavy (non-hydrogen) atoms. The summed E-state index contributed by atoms with van der Waals surface area (Å²) in [6, 6.07) is 13.5. The van der Waals surface area contributed by atoms with Gasteiger partial charge < -0.3 is 10.1 Å². The molecule has 0 spiro atoms. The molecule has 1 aliphatic heterocycles. The molecule has 1 amide bonds. The number of carbonyl (C=O) groups is 1. The van der Waals surface area contributed by atoms with E-state index in [2.05, 4.69) is 32.2 Å². The molecule has 3 rings (SSSR count). The van der Waals surface area contributed by atoms with Gasteiger partial charge in [0.05, 0.1) is 23.7 Å². The Morgan fingerprint density at radius 2 is 2.04 bits per heavy atom. The molecule has 0 aromatic heterocycles. The summed E-state index contributed by atoms with van der Waals surface area (Å²) in [6.07, 6.45) is 2.37. The van der Waals surface area contributed by atoms with Crippen LogP contribution in [0.4, 0.5) is 0 Å². The zero-order chi connectivity index (χ0) is 18.5. The maximum Gasteiger partial charge on any atom is 0.252 e. The lowest BCUT2D eigenvalue weighted by molar-refractivity contribution is 0.0938. The minimum Gasteiger partial charge on any atom is -0.497 e. The van der Waals surface area contributed by atoms with Gasteiger partial charge in [-0.3, -0.25) is 9.69 Å². The minimum absolute atomic E-state index is 0.113. The van der Waals surface area contributed by atoms with Crippen molar-refractivity contribution < 1.29 is 9.53 Å². The first-order chi connectivity index (χ1) is 12.6. The lowest BCUT2D eigenvalue weighted by Gasteiger charge is -2.28. The number of benzene rings is 2. The van der Waals surface area contributed by atoms with Gasteiger partial charge >= 0.3 is 0 Å². The molecule has 1 unspecified atom stereocenters. The van der Waals surface area contributed by atoms with Crippen LogP contribution >= 0.6 is 27.5 Å². The highest BCUT2D eigenvalue weighted by Crippen LogP contribution is 2.27. The zero-order valence-electron chi connectivity index (χ0n) is 14.7. The number of carbonyl (C=O) groups excluding carboxylic acids is 1. The van der Waals surface area contributed by atoms with E-state index in [1.54, 1.807) is 19.2 Å². The molecule has 2 aromatic rings. The molecule has 4 nitrogen and oxygen atoms in total. The van der Waals surface area contributed by atoms with Crippen LogP contribution in [0.5, 0.6) is 5.75 Å². The van der Waals surface area contributed by atoms with Gasteiger partial charge in [0.1, 0.15) is 5.75 Å². The summed E-state index contributed by atoms with van der Waals surface area (Å²) in [6.45, 7) is 2.60. The van der Waals surface area contributed by atoms with E-state index in [0.29, 0.717) is 17.1 Å². The van der Waals surface area contributed by atoms with Crippen LogP contribution in [0.3, 0.4) is 0 Å². The fraction of sp³-hybridized carbons (Fsp3) is 0.350. The molecule has 1 aliphatic rings. The molecule has 1 fully saturated rings. The van der Waals surface area contributed by atoms with Gasteiger partial charge in [0.25, 0.3) is 5.91 Å². The van der Waals surface area contributed by atoms with Crippen LogP contribution in [0.2, 0.25) is 5.02 Å². The molecule has 0 radical (unpaired) electrons. The van der Waals surface area contributed by atoms with Gasteiger partial charge in [0.2, 0.25) is 0 Å². The number of likely N-dealkylation sites (tertiary alicyclic amines) is 1. The van der Waals surface area contributed by atoms with Gasteiger partial charge in [0.15, 0.2) is 0 Å². The Morgan fingerprint density at radius 3 is 2.77 bits per heavy atom. The highest BCUT2D eigenvalue weighted by atomic mass is 79.9. The maximum absolute atomic E-state index is 12.6. The van der Waals surface area contributed by atoms with Crippen molar-refractivity contribution in [3.05, 3.63) is 63.1 Å². The summed E-state index contributed by atoms with van der Waals surface area (Å²) in [7, 11) is 1.67. The topological polar surface area (TPSA) is 41.6 Å². The third-order valence-corrected chi connectivity index (χ3v) is 5.51. The number of nitrogens with one attached hydrogen (secondary N) is 1. The van der Waals surface area contributed by atoms with Crippen molar-refractivity contribution in [2.45, 2.75) is 18.9 Å². The Bertz CT molecular complexity index is 778. The van der Waals surface area contributed by atoms with E-state index in [0.717, 1.165) is 28.9 Å². The minimum atomic E-state index is -0.164. The molecular weight excluding hydrogens is 416 g/mol. The van der Waals surface area contributed by atoms with Crippen LogP contribution in [-0.2, 0) is 0 Å². The van der Waals surface area contributed by atoms with E-state index in [-0.39, 0.29) is 11.9 Å². The number of methoxy groups -OCH3 is 1. The van der Waals surface area contributed by atoms with Gasteiger partial charge in [-0.2, -0.15) is 0 Å². The number of rotatable bonds is 6. The van der Waals surface area contributed by atoms with Crippen molar-refractivity contribution in [3.63, 3.8) is 0 Å². The third-order valence-electron chi connectivity index (χ3n) is 4.69. The fourth-order valence-corrected chi connectivity index (χ4v) is 3.88. The summed E-state index contributed by atoms with van der Waals surface area (Å²) in [5.74, 6) is 0.663.